The molecule has 2 rings (SSSR count). The third-order valence-electron chi connectivity index (χ3n) is 3.22. The van der Waals surface area contributed by atoms with Gasteiger partial charge >= 0.3 is 5.97 Å². The third-order valence-corrected chi connectivity index (χ3v) is 4.21. The Labute approximate surface area is 121 Å². The summed E-state index contributed by atoms with van der Waals surface area (Å²) in [5.41, 5.74) is 1.13. The second-order valence-electron chi connectivity index (χ2n) is 4.77. The number of carbonyl (C=O) groups is 2. The zero-order valence-electron chi connectivity index (χ0n) is 10.9. The van der Waals surface area contributed by atoms with Crippen molar-refractivity contribution in [2.75, 3.05) is 12.3 Å². The van der Waals surface area contributed by atoms with E-state index in [1.165, 1.54) is 16.7 Å². The first-order valence-electron chi connectivity index (χ1n) is 6.40. The van der Waals surface area contributed by atoms with E-state index in [0.717, 1.165) is 5.56 Å². The fourth-order valence-corrected chi connectivity index (χ4v) is 3.11. The Hall–Kier alpha value is -1.53. The van der Waals surface area contributed by atoms with Gasteiger partial charge in [-0.2, -0.15) is 0 Å². The van der Waals surface area contributed by atoms with Gasteiger partial charge in [0, 0.05) is 18.7 Å². The number of rotatable bonds is 5. The van der Waals surface area contributed by atoms with Crippen LogP contribution in [-0.4, -0.2) is 51.4 Å². The van der Waals surface area contributed by atoms with Gasteiger partial charge < -0.3 is 15.1 Å². The number of amides is 1. The number of aliphatic hydroxyl groups is 1. The molecule has 1 heterocycles. The molecule has 1 saturated heterocycles. The normalized spacial score (nSPS) is 21.9. The second-order valence-corrected chi connectivity index (χ2v) is 5.75. The first-order chi connectivity index (χ1) is 9.58. The van der Waals surface area contributed by atoms with E-state index in [4.69, 9.17) is 5.11 Å². The molecule has 0 bridgehead atoms. The van der Waals surface area contributed by atoms with Crippen LogP contribution in [0.5, 0.6) is 0 Å². The predicted octanol–water partition coefficient (Wildman–Crippen LogP) is 0.966. The maximum Gasteiger partial charge on any atom is 0.326 e. The van der Waals surface area contributed by atoms with Crippen molar-refractivity contribution in [3.05, 3.63) is 35.9 Å². The van der Waals surface area contributed by atoms with Crippen LogP contribution in [0.3, 0.4) is 0 Å². The minimum atomic E-state index is -1.05. The Balaban J connectivity index is 1.84. The Morgan fingerprint density at radius 1 is 1.30 bits per heavy atom. The van der Waals surface area contributed by atoms with Crippen LogP contribution in [0.2, 0.25) is 0 Å². The number of aliphatic hydroxyl groups excluding tert-OH is 1. The molecular weight excluding hydrogens is 278 g/mol. The molecule has 0 aromatic heterocycles. The molecule has 1 aromatic carbocycles. The quantitative estimate of drug-likeness (QED) is 0.846. The third kappa shape index (κ3) is 3.74. The Morgan fingerprint density at radius 3 is 2.65 bits per heavy atom. The van der Waals surface area contributed by atoms with Gasteiger partial charge in [0.25, 0.3) is 0 Å². The van der Waals surface area contributed by atoms with E-state index in [0.29, 0.717) is 5.75 Å². The van der Waals surface area contributed by atoms with Crippen LogP contribution in [0, 0.1) is 0 Å². The molecule has 108 valence electrons. The fraction of sp³-hybridized carbons (Fsp3) is 0.429. The lowest BCUT2D eigenvalue weighted by Gasteiger charge is -2.20. The van der Waals surface area contributed by atoms with Crippen molar-refractivity contribution in [1.82, 2.24) is 4.90 Å². The Bertz CT molecular complexity index is 479. The van der Waals surface area contributed by atoms with Crippen molar-refractivity contribution >= 4 is 23.6 Å². The number of nitrogens with zero attached hydrogens (tertiary/aromatic N) is 1. The maximum absolute atomic E-state index is 12.0. The molecule has 20 heavy (non-hydrogen) atoms. The summed E-state index contributed by atoms with van der Waals surface area (Å²) in [5.74, 6) is -0.343. The molecule has 2 atom stereocenters. The molecule has 6 heteroatoms. The molecule has 2 N–H and O–H groups in total. The van der Waals surface area contributed by atoms with Crippen molar-refractivity contribution in [2.45, 2.75) is 24.3 Å². The van der Waals surface area contributed by atoms with Crippen LogP contribution in [0.15, 0.2) is 30.3 Å². The minimum absolute atomic E-state index is 0.113. The highest BCUT2D eigenvalue weighted by Gasteiger charge is 2.38. The van der Waals surface area contributed by atoms with Gasteiger partial charge in [-0.1, -0.05) is 30.3 Å². The van der Waals surface area contributed by atoms with E-state index >= 15 is 0 Å². The highest BCUT2D eigenvalue weighted by Crippen LogP contribution is 2.20. The van der Waals surface area contributed by atoms with E-state index in [9.17, 15) is 14.7 Å². The topological polar surface area (TPSA) is 77.8 Å². The first-order valence-corrected chi connectivity index (χ1v) is 7.55. The van der Waals surface area contributed by atoms with Crippen molar-refractivity contribution in [3.63, 3.8) is 0 Å². The van der Waals surface area contributed by atoms with Crippen LogP contribution in [0.4, 0.5) is 0 Å². The van der Waals surface area contributed by atoms with E-state index in [-0.39, 0.29) is 24.6 Å². The summed E-state index contributed by atoms with van der Waals surface area (Å²) < 4.78 is 0. The molecule has 1 fully saturated rings. The average molecular weight is 295 g/mol. The average Bonchev–Trinajstić information content (AvgIpc) is 2.82. The molecule has 1 aliphatic rings. The summed E-state index contributed by atoms with van der Waals surface area (Å²) in [4.78, 5) is 24.3. The maximum atomic E-state index is 12.0. The highest BCUT2D eigenvalue weighted by molar-refractivity contribution is 7.99. The molecule has 2 unspecified atom stereocenters. The number of benzene rings is 1. The number of carboxylic acid groups (broad SMARTS) is 1. The number of β-amino-alcohol motifs (C(OH)–C–C–N with tert-alkyl or cyclic N) is 1. The Morgan fingerprint density at radius 2 is 2.00 bits per heavy atom. The summed E-state index contributed by atoms with van der Waals surface area (Å²) in [6, 6.07) is 8.88. The van der Waals surface area contributed by atoms with Crippen LogP contribution in [-0.2, 0) is 15.3 Å². The lowest BCUT2D eigenvalue weighted by atomic mass is 10.2. The smallest absolute Gasteiger partial charge is 0.326 e. The van der Waals surface area contributed by atoms with Gasteiger partial charge in [0.15, 0.2) is 0 Å². The first kappa shape index (κ1) is 14.9. The van der Waals surface area contributed by atoms with Gasteiger partial charge in [0.05, 0.1) is 11.9 Å². The Kier molecular flexibility index (Phi) is 5.03. The molecule has 0 saturated carbocycles. The highest BCUT2D eigenvalue weighted by atomic mass is 32.2. The van der Waals surface area contributed by atoms with Gasteiger partial charge in [0.1, 0.15) is 6.04 Å². The molecule has 1 aromatic rings. The monoisotopic (exact) mass is 295 g/mol. The van der Waals surface area contributed by atoms with Gasteiger partial charge in [-0.05, 0) is 5.56 Å². The largest absolute Gasteiger partial charge is 0.480 e. The van der Waals surface area contributed by atoms with Crippen LogP contribution in [0.25, 0.3) is 0 Å². The zero-order valence-corrected chi connectivity index (χ0v) is 11.8. The molecule has 5 nitrogen and oxygen atoms in total. The fourth-order valence-electron chi connectivity index (χ4n) is 2.24. The van der Waals surface area contributed by atoms with Crippen LogP contribution in [0.1, 0.15) is 12.0 Å². The predicted molar refractivity (Wildman–Crippen MR) is 76.4 cm³/mol. The molecule has 1 aliphatic heterocycles. The van der Waals surface area contributed by atoms with Crippen molar-refractivity contribution in [2.24, 2.45) is 0 Å². The lowest BCUT2D eigenvalue weighted by molar-refractivity contribution is -0.147. The summed E-state index contributed by atoms with van der Waals surface area (Å²) in [6.07, 6.45) is -0.621. The summed E-state index contributed by atoms with van der Waals surface area (Å²) in [5, 5.41) is 18.5. The van der Waals surface area contributed by atoms with Gasteiger partial charge in [-0.3, -0.25) is 4.79 Å². The summed E-state index contributed by atoms with van der Waals surface area (Å²) >= 11 is 1.45. The van der Waals surface area contributed by atoms with Crippen LogP contribution < -0.4 is 0 Å². The zero-order chi connectivity index (χ0) is 14.5. The van der Waals surface area contributed by atoms with E-state index < -0.39 is 18.1 Å². The lowest BCUT2D eigenvalue weighted by Crippen LogP contribution is -2.41. The standard InChI is InChI=1S/C14H17NO4S/c16-11-6-12(14(18)19)15(7-11)13(17)9-20-8-10-4-2-1-3-5-10/h1-5,11-12,16H,6-9H2,(H,18,19). The molecule has 0 radical (unpaired) electrons. The van der Waals surface area contributed by atoms with Crippen molar-refractivity contribution in [1.29, 1.82) is 0 Å². The van der Waals surface area contributed by atoms with E-state index in [2.05, 4.69) is 0 Å². The SMILES string of the molecule is O=C(O)C1CC(O)CN1C(=O)CSCc1ccccc1. The van der Waals surface area contributed by atoms with Gasteiger partial charge in [-0.15, -0.1) is 11.8 Å². The van der Waals surface area contributed by atoms with Crippen molar-refractivity contribution < 1.29 is 19.8 Å². The van der Waals surface area contributed by atoms with Crippen molar-refractivity contribution in [3.8, 4) is 0 Å². The molecule has 1 amide bonds. The number of hydrogen-bond donors (Lipinski definition) is 2. The van der Waals surface area contributed by atoms with E-state index in [1.807, 2.05) is 30.3 Å². The van der Waals surface area contributed by atoms with Gasteiger partial charge in [0.2, 0.25) is 5.91 Å². The number of likely N-dealkylation sites (tertiary alicyclic amines) is 1. The number of aliphatic carboxylic acids is 1. The second kappa shape index (κ2) is 6.76. The van der Waals surface area contributed by atoms with Gasteiger partial charge in [-0.25, -0.2) is 4.79 Å². The van der Waals surface area contributed by atoms with Crippen LogP contribution >= 0.6 is 11.8 Å². The molecule has 0 spiro atoms. The number of carbonyl (C=O) groups excluding carboxylic acids is 1. The number of thioether (sulfide) groups is 1. The molecule has 0 aliphatic carbocycles. The number of carboxylic acids is 1. The summed E-state index contributed by atoms with van der Waals surface area (Å²) in [6.45, 7) is 0.113. The molecular formula is C14H17NO4S. The number of hydrogen-bond acceptors (Lipinski definition) is 4. The summed E-state index contributed by atoms with van der Waals surface area (Å²) in [7, 11) is 0. The van der Waals surface area contributed by atoms with E-state index in [1.54, 1.807) is 0 Å². The minimum Gasteiger partial charge on any atom is -0.480 e.